The third-order valence-corrected chi connectivity index (χ3v) is 4.24. The summed E-state index contributed by atoms with van der Waals surface area (Å²) in [6.45, 7) is 1.70. The van der Waals surface area contributed by atoms with Crippen molar-refractivity contribution >= 4 is 31.1 Å². The van der Waals surface area contributed by atoms with E-state index in [1.807, 2.05) is 5.38 Å². The lowest BCUT2D eigenvalue weighted by molar-refractivity contribution is 0.609. The summed E-state index contributed by atoms with van der Waals surface area (Å²) in [6, 6.07) is 0. The second kappa shape index (κ2) is 3.62. The molecule has 0 saturated heterocycles. The van der Waals surface area contributed by atoms with Gasteiger partial charge in [-0.3, -0.25) is 0 Å². The van der Waals surface area contributed by atoms with Crippen LogP contribution in [0.4, 0.5) is 0 Å². The Labute approximate surface area is 95.4 Å². The van der Waals surface area contributed by atoms with Gasteiger partial charge in [-0.05, 0) is 12.5 Å². The quantitative estimate of drug-likeness (QED) is 0.845. The number of aromatic amines is 1. The second-order valence-corrected chi connectivity index (χ2v) is 6.36. The average molecular weight is 263 g/mol. The molecule has 0 bridgehead atoms. The molecule has 2 rings (SSSR count). The zero-order valence-electron chi connectivity index (χ0n) is 7.69. The first-order valence-electron chi connectivity index (χ1n) is 4.02. The van der Waals surface area contributed by atoms with Crippen molar-refractivity contribution in [3.8, 4) is 10.7 Å². The Balaban J connectivity index is 2.60. The molecule has 0 fully saturated rings. The molecule has 0 saturated carbocycles. The van der Waals surface area contributed by atoms with E-state index < -0.39 is 9.05 Å². The molecule has 0 aliphatic heterocycles. The fourth-order valence-electron chi connectivity index (χ4n) is 1.30. The molecule has 0 amide bonds. The molecule has 0 radical (unpaired) electrons. The maximum atomic E-state index is 11.2. The van der Waals surface area contributed by atoms with Crippen LogP contribution >= 0.6 is 22.0 Å². The van der Waals surface area contributed by atoms with Crippen molar-refractivity contribution in [2.75, 3.05) is 0 Å². The van der Waals surface area contributed by atoms with Crippen LogP contribution in [0.1, 0.15) is 5.56 Å². The number of thiazole rings is 1. The van der Waals surface area contributed by atoms with E-state index in [0.29, 0.717) is 11.3 Å². The van der Waals surface area contributed by atoms with Crippen LogP contribution in [0.3, 0.4) is 0 Å². The van der Waals surface area contributed by atoms with E-state index in [0.717, 1.165) is 5.01 Å². The largest absolute Gasteiger partial charge is 0.358 e. The predicted octanol–water partition coefficient (Wildman–Crippen LogP) is 2.37. The van der Waals surface area contributed by atoms with Gasteiger partial charge in [-0.1, -0.05) is 0 Å². The van der Waals surface area contributed by atoms with Crippen LogP contribution in [-0.2, 0) is 9.05 Å². The van der Waals surface area contributed by atoms with E-state index in [-0.39, 0.29) is 4.90 Å². The highest BCUT2D eigenvalue weighted by atomic mass is 35.7. The molecule has 0 aromatic carbocycles. The van der Waals surface area contributed by atoms with Crippen LogP contribution in [0.15, 0.2) is 22.7 Å². The number of nitrogens with zero attached hydrogens (tertiary/aromatic N) is 1. The molecule has 0 atom stereocenters. The lowest BCUT2D eigenvalue weighted by atomic mass is 10.3. The SMILES string of the molecule is Cc1c(S(=O)(=O)Cl)c[nH]c1-c1nccs1. The van der Waals surface area contributed by atoms with Gasteiger partial charge in [0.25, 0.3) is 9.05 Å². The van der Waals surface area contributed by atoms with E-state index in [1.54, 1.807) is 13.1 Å². The van der Waals surface area contributed by atoms with E-state index in [9.17, 15) is 8.42 Å². The van der Waals surface area contributed by atoms with E-state index in [4.69, 9.17) is 10.7 Å². The highest BCUT2D eigenvalue weighted by molar-refractivity contribution is 8.13. The maximum absolute atomic E-state index is 11.2. The summed E-state index contributed by atoms with van der Waals surface area (Å²) in [5.41, 5.74) is 1.30. The normalized spacial score (nSPS) is 11.9. The standard InChI is InChI=1S/C8H7ClN2O2S2/c1-5-6(15(9,12)13)4-11-7(5)8-10-2-3-14-8/h2-4,11H,1H3. The first kappa shape index (κ1) is 10.7. The maximum Gasteiger partial charge on any atom is 0.263 e. The monoisotopic (exact) mass is 262 g/mol. The van der Waals surface area contributed by atoms with Gasteiger partial charge in [0, 0.05) is 28.5 Å². The van der Waals surface area contributed by atoms with Crippen LogP contribution in [0.5, 0.6) is 0 Å². The van der Waals surface area contributed by atoms with Gasteiger partial charge in [0.15, 0.2) is 0 Å². The number of rotatable bonds is 2. The summed E-state index contributed by atoms with van der Waals surface area (Å²) in [4.78, 5) is 7.07. The van der Waals surface area contributed by atoms with Gasteiger partial charge in [-0.25, -0.2) is 13.4 Å². The van der Waals surface area contributed by atoms with Crippen molar-refractivity contribution in [3.63, 3.8) is 0 Å². The Bertz CT molecular complexity index is 572. The minimum atomic E-state index is -3.69. The van der Waals surface area contributed by atoms with Gasteiger partial charge in [0.1, 0.15) is 9.90 Å². The fourth-order valence-corrected chi connectivity index (χ4v) is 3.15. The van der Waals surface area contributed by atoms with Crippen molar-refractivity contribution in [2.45, 2.75) is 11.8 Å². The Morgan fingerprint density at radius 3 is 2.73 bits per heavy atom. The number of H-pyrrole nitrogens is 1. The Hall–Kier alpha value is -0.850. The highest BCUT2D eigenvalue weighted by Gasteiger charge is 2.19. The van der Waals surface area contributed by atoms with Crippen LogP contribution in [0.2, 0.25) is 0 Å². The van der Waals surface area contributed by atoms with Gasteiger partial charge in [0.2, 0.25) is 0 Å². The Kier molecular flexibility index (Phi) is 2.57. The number of aromatic nitrogens is 2. The van der Waals surface area contributed by atoms with E-state index in [1.165, 1.54) is 17.5 Å². The van der Waals surface area contributed by atoms with Crippen molar-refractivity contribution in [2.24, 2.45) is 0 Å². The van der Waals surface area contributed by atoms with Crippen LogP contribution in [0.25, 0.3) is 10.7 Å². The summed E-state index contributed by atoms with van der Waals surface area (Å²) in [5.74, 6) is 0. The van der Waals surface area contributed by atoms with Gasteiger partial charge < -0.3 is 4.98 Å². The third-order valence-electron chi connectivity index (χ3n) is 2.00. The van der Waals surface area contributed by atoms with E-state index >= 15 is 0 Å². The molecule has 1 N–H and O–H groups in total. The molecule has 0 spiro atoms. The third kappa shape index (κ3) is 1.92. The first-order chi connectivity index (χ1) is 7.00. The Morgan fingerprint density at radius 2 is 2.27 bits per heavy atom. The zero-order chi connectivity index (χ0) is 11.1. The van der Waals surface area contributed by atoms with Crippen LogP contribution in [0, 0.1) is 6.92 Å². The van der Waals surface area contributed by atoms with Gasteiger partial charge in [0.05, 0.1) is 5.69 Å². The molecule has 15 heavy (non-hydrogen) atoms. The summed E-state index contributed by atoms with van der Waals surface area (Å²) in [5, 5.41) is 2.57. The van der Waals surface area contributed by atoms with Crippen molar-refractivity contribution in [1.29, 1.82) is 0 Å². The van der Waals surface area contributed by atoms with Crippen molar-refractivity contribution < 1.29 is 8.42 Å². The molecule has 0 aliphatic carbocycles. The first-order valence-corrected chi connectivity index (χ1v) is 7.21. The molecule has 4 nitrogen and oxygen atoms in total. The molecule has 80 valence electrons. The molecule has 0 unspecified atom stereocenters. The minimum absolute atomic E-state index is 0.106. The van der Waals surface area contributed by atoms with Crippen molar-refractivity contribution in [1.82, 2.24) is 9.97 Å². The molecule has 2 heterocycles. The average Bonchev–Trinajstić information content (AvgIpc) is 2.69. The molecular weight excluding hydrogens is 256 g/mol. The number of hydrogen-bond donors (Lipinski definition) is 1. The van der Waals surface area contributed by atoms with Gasteiger partial charge in [-0.15, -0.1) is 11.3 Å². The molecule has 2 aromatic rings. The van der Waals surface area contributed by atoms with Crippen LogP contribution < -0.4 is 0 Å². The Morgan fingerprint density at radius 1 is 1.53 bits per heavy atom. The smallest absolute Gasteiger partial charge is 0.263 e. The molecule has 7 heteroatoms. The number of halogens is 1. The number of nitrogens with one attached hydrogen (secondary N) is 1. The number of hydrogen-bond acceptors (Lipinski definition) is 4. The summed E-state index contributed by atoms with van der Waals surface area (Å²) in [6.07, 6.45) is 3.05. The van der Waals surface area contributed by atoms with Gasteiger partial charge >= 0.3 is 0 Å². The topological polar surface area (TPSA) is 62.8 Å². The predicted molar refractivity (Wildman–Crippen MR) is 59.7 cm³/mol. The van der Waals surface area contributed by atoms with Crippen molar-refractivity contribution in [3.05, 3.63) is 23.3 Å². The molecule has 0 aliphatic rings. The van der Waals surface area contributed by atoms with Gasteiger partial charge in [-0.2, -0.15) is 0 Å². The lowest BCUT2D eigenvalue weighted by Crippen LogP contribution is -1.90. The highest BCUT2D eigenvalue weighted by Crippen LogP contribution is 2.30. The molecular formula is C8H7ClN2O2S2. The van der Waals surface area contributed by atoms with Crippen LogP contribution in [-0.4, -0.2) is 18.4 Å². The fraction of sp³-hybridized carbons (Fsp3) is 0.125. The minimum Gasteiger partial charge on any atom is -0.358 e. The van der Waals surface area contributed by atoms with E-state index in [2.05, 4.69) is 9.97 Å². The lowest BCUT2D eigenvalue weighted by Gasteiger charge is -1.95. The summed E-state index contributed by atoms with van der Waals surface area (Å²) >= 11 is 1.43. The zero-order valence-corrected chi connectivity index (χ0v) is 10.1. The summed E-state index contributed by atoms with van der Waals surface area (Å²) < 4.78 is 22.3. The second-order valence-electron chi connectivity index (χ2n) is 2.93. The molecule has 2 aromatic heterocycles. The summed E-state index contributed by atoms with van der Waals surface area (Å²) in [7, 11) is 1.59.